The van der Waals surface area contributed by atoms with Gasteiger partial charge in [0.1, 0.15) is 12.4 Å². The molecular weight excluding hydrogens is 344 g/mol. The van der Waals surface area contributed by atoms with Gasteiger partial charge in [-0.3, -0.25) is 0 Å². The second kappa shape index (κ2) is 11.1. The Labute approximate surface area is 170 Å². The molecule has 1 unspecified atom stereocenters. The highest BCUT2D eigenvalue weighted by molar-refractivity contribution is 5.34. The van der Waals surface area contributed by atoms with E-state index in [0.717, 1.165) is 18.6 Å². The number of aryl methyl sites for hydroxylation is 1. The number of ether oxygens (including phenoxy) is 2. The lowest BCUT2D eigenvalue weighted by Gasteiger charge is -2.26. The number of rotatable bonds is 9. The van der Waals surface area contributed by atoms with Crippen LogP contribution in [0.15, 0.2) is 66.2 Å². The Balaban J connectivity index is 1.60. The topological polar surface area (TPSA) is 18.5 Å². The molecule has 0 amide bonds. The van der Waals surface area contributed by atoms with Crippen molar-refractivity contribution in [1.82, 2.24) is 0 Å². The lowest BCUT2D eigenvalue weighted by molar-refractivity contribution is -0.0106. The van der Waals surface area contributed by atoms with Crippen LogP contribution in [0.4, 0.5) is 0 Å². The summed E-state index contributed by atoms with van der Waals surface area (Å²) in [6.07, 6.45) is 11.3. The van der Waals surface area contributed by atoms with E-state index in [0.29, 0.717) is 12.7 Å². The maximum atomic E-state index is 6.48. The van der Waals surface area contributed by atoms with E-state index < -0.39 is 0 Å². The molecule has 1 fully saturated rings. The van der Waals surface area contributed by atoms with Crippen LogP contribution in [0.3, 0.4) is 0 Å². The molecule has 0 heterocycles. The molecule has 2 aromatic carbocycles. The highest BCUT2D eigenvalue weighted by Gasteiger charge is 2.18. The summed E-state index contributed by atoms with van der Waals surface area (Å²) in [6, 6.07) is 18.8. The van der Waals surface area contributed by atoms with Crippen molar-refractivity contribution in [3.05, 3.63) is 77.4 Å². The van der Waals surface area contributed by atoms with Crippen LogP contribution < -0.4 is 4.74 Å². The molecule has 3 rings (SSSR count). The van der Waals surface area contributed by atoms with E-state index in [1.54, 1.807) is 0 Å². The Morgan fingerprint density at radius 1 is 0.964 bits per heavy atom. The normalized spacial score (nSPS) is 15.8. The summed E-state index contributed by atoms with van der Waals surface area (Å²) < 4.78 is 12.6. The summed E-state index contributed by atoms with van der Waals surface area (Å²) in [6.45, 7) is 4.93. The van der Waals surface area contributed by atoms with Gasteiger partial charge in [-0.15, -0.1) is 0 Å². The summed E-state index contributed by atoms with van der Waals surface area (Å²) in [4.78, 5) is 0. The fourth-order valence-corrected chi connectivity index (χ4v) is 3.90. The SMILES string of the molecule is CC(C)=CC(CCc1ccccc1OCc1ccccc1)OC1CCCCC1. The minimum absolute atomic E-state index is 0.190. The summed E-state index contributed by atoms with van der Waals surface area (Å²) in [5.41, 5.74) is 3.78. The van der Waals surface area contributed by atoms with Crippen molar-refractivity contribution >= 4 is 0 Å². The number of para-hydroxylation sites is 1. The molecule has 0 N–H and O–H groups in total. The highest BCUT2D eigenvalue weighted by atomic mass is 16.5. The summed E-state index contributed by atoms with van der Waals surface area (Å²) in [5, 5.41) is 0. The Bertz CT molecular complexity index is 725. The second-order valence-electron chi connectivity index (χ2n) is 8.10. The van der Waals surface area contributed by atoms with E-state index in [9.17, 15) is 0 Å². The van der Waals surface area contributed by atoms with Gasteiger partial charge in [-0.05, 0) is 56.7 Å². The first-order valence-electron chi connectivity index (χ1n) is 10.8. The van der Waals surface area contributed by atoms with Gasteiger partial charge in [0.15, 0.2) is 0 Å². The van der Waals surface area contributed by atoms with Gasteiger partial charge in [-0.2, -0.15) is 0 Å². The molecule has 0 bridgehead atoms. The predicted octanol–water partition coefficient (Wildman–Crippen LogP) is 6.88. The zero-order valence-corrected chi connectivity index (χ0v) is 17.4. The van der Waals surface area contributed by atoms with Crippen LogP contribution in [0.1, 0.15) is 63.5 Å². The van der Waals surface area contributed by atoms with Crippen LogP contribution in [0.25, 0.3) is 0 Å². The Kier molecular flexibility index (Phi) is 8.17. The zero-order chi connectivity index (χ0) is 19.6. The maximum Gasteiger partial charge on any atom is 0.122 e. The molecule has 150 valence electrons. The molecule has 1 atom stereocenters. The Morgan fingerprint density at radius 3 is 2.43 bits per heavy atom. The van der Waals surface area contributed by atoms with E-state index in [1.165, 1.54) is 48.8 Å². The van der Waals surface area contributed by atoms with Gasteiger partial charge in [0, 0.05) is 0 Å². The number of hydrogen-bond acceptors (Lipinski definition) is 2. The van der Waals surface area contributed by atoms with Gasteiger partial charge in [-0.1, -0.05) is 79.4 Å². The van der Waals surface area contributed by atoms with Crippen LogP contribution >= 0.6 is 0 Å². The Morgan fingerprint density at radius 2 is 1.68 bits per heavy atom. The fourth-order valence-electron chi connectivity index (χ4n) is 3.90. The van der Waals surface area contributed by atoms with Crippen molar-refractivity contribution in [3.63, 3.8) is 0 Å². The average Bonchev–Trinajstić information content (AvgIpc) is 2.72. The van der Waals surface area contributed by atoms with Crippen LogP contribution in [0.5, 0.6) is 5.75 Å². The van der Waals surface area contributed by atoms with Gasteiger partial charge >= 0.3 is 0 Å². The average molecular weight is 379 g/mol. The van der Waals surface area contributed by atoms with Crippen molar-refractivity contribution in [2.45, 2.75) is 77.6 Å². The largest absolute Gasteiger partial charge is 0.489 e. The van der Waals surface area contributed by atoms with Crippen molar-refractivity contribution in [2.75, 3.05) is 0 Å². The van der Waals surface area contributed by atoms with Gasteiger partial charge in [0.2, 0.25) is 0 Å². The van der Waals surface area contributed by atoms with Crippen molar-refractivity contribution in [2.24, 2.45) is 0 Å². The fraction of sp³-hybridized carbons (Fsp3) is 0.462. The van der Waals surface area contributed by atoms with E-state index in [-0.39, 0.29) is 6.10 Å². The van der Waals surface area contributed by atoms with Crippen LogP contribution in [0.2, 0.25) is 0 Å². The van der Waals surface area contributed by atoms with E-state index in [1.807, 2.05) is 6.07 Å². The van der Waals surface area contributed by atoms with Gasteiger partial charge in [0.25, 0.3) is 0 Å². The molecule has 2 nitrogen and oxygen atoms in total. The van der Waals surface area contributed by atoms with Crippen LogP contribution in [0, 0.1) is 0 Å². The van der Waals surface area contributed by atoms with Gasteiger partial charge in [-0.25, -0.2) is 0 Å². The zero-order valence-electron chi connectivity index (χ0n) is 17.4. The van der Waals surface area contributed by atoms with Crippen molar-refractivity contribution < 1.29 is 9.47 Å². The highest BCUT2D eigenvalue weighted by Crippen LogP contribution is 2.26. The molecule has 2 heteroatoms. The minimum atomic E-state index is 0.190. The summed E-state index contributed by atoms with van der Waals surface area (Å²) in [5.74, 6) is 0.986. The molecule has 28 heavy (non-hydrogen) atoms. The second-order valence-corrected chi connectivity index (χ2v) is 8.10. The molecule has 1 saturated carbocycles. The molecular formula is C26H34O2. The predicted molar refractivity (Wildman–Crippen MR) is 117 cm³/mol. The third-order valence-electron chi connectivity index (χ3n) is 5.35. The van der Waals surface area contributed by atoms with Crippen LogP contribution in [-0.4, -0.2) is 12.2 Å². The van der Waals surface area contributed by atoms with Crippen molar-refractivity contribution in [1.29, 1.82) is 0 Å². The quantitative estimate of drug-likeness (QED) is 0.443. The van der Waals surface area contributed by atoms with Gasteiger partial charge in [0.05, 0.1) is 12.2 Å². The number of benzene rings is 2. The van der Waals surface area contributed by atoms with Gasteiger partial charge < -0.3 is 9.47 Å². The molecule has 0 saturated heterocycles. The third-order valence-corrected chi connectivity index (χ3v) is 5.35. The minimum Gasteiger partial charge on any atom is -0.489 e. The molecule has 0 aromatic heterocycles. The van der Waals surface area contributed by atoms with E-state index >= 15 is 0 Å². The summed E-state index contributed by atoms with van der Waals surface area (Å²) in [7, 11) is 0. The molecule has 1 aliphatic rings. The smallest absolute Gasteiger partial charge is 0.122 e. The standard InChI is InChI=1S/C26H34O2/c1-21(2)19-25(28-24-14-7-4-8-15-24)18-17-23-13-9-10-16-26(23)27-20-22-11-5-3-6-12-22/h3,5-6,9-13,16,19,24-25H,4,7-8,14-15,17-18,20H2,1-2H3. The lowest BCUT2D eigenvalue weighted by Crippen LogP contribution is -2.24. The third kappa shape index (κ3) is 6.83. The first-order valence-corrected chi connectivity index (χ1v) is 10.8. The maximum absolute atomic E-state index is 6.48. The van der Waals surface area contributed by atoms with Crippen molar-refractivity contribution in [3.8, 4) is 5.75 Å². The molecule has 0 radical (unpaired) electrons. The monoisotopic (exact) mass is 378 g/mol. The molecule has 2 aromatic rings. The first kappa shape index (κ1) is 20.7. The number of allylic oxidation sites excluding steroid dienone is 1. The Hall–Kier alpha value is -2.06. The molecule has 0 aliphatic heterocycles. The number of hydrogen-bond donors (Lipinski definition) is 0. The van der Waals surface area contributed by atoms with E-state index in [4.69, 9.17) is 9.47 Å². The summed E-state index contributed by atoms with van der Waals surface area (Å²) >= 11 is 0. The molecule has 0 spiro atoms. The lowest BCUT2D eigenvalue weighted by atomic mass is 9.97. The van der Waals surface area contributed by atoms with E-state index in [2.05, 4.69) is 68.5 Å². The van der Waals surface area contributed by atoms with Crippen LogP contribution in [-0.2, 0) is 17.8 Å². The first-order chi connectivity index (χ1) is 13.7. The molecule has 1 aliphatic carbocycles.